The highest BCUT2D eigenvalue weighted by atomic mass is 16.5. The Morgan fingerprint density at radius 1 is 1.43 bits per heavy atom. The average molecular weight is 191 g/mol. The van der Waals surface area contributed by atoms with Gasteiger partial charge in [0.1, 0.15) is 12.4 Å². The minimum absolute atomic E-state index is 0.725. The molecule has 0 saturated heterocycles. The van der Waals surface area contributed by atoms with Crippen molar-refractivity contribution in [1.29, 1.82) is 0 Å². The van der Waals surface area contributed by atoms with Gasteiger partial charge in [0, 0.05) is 18.7 Å². The summed E-state index contributed by atoms with van der Waals surface area (Å²) < 4.78 is 5.57. The largest absolute Gasteiger partial charge is 0.492 e. The number of nitrogens with zero attached hydrogens (tertiary/aromatic N) is 1. The maximum absolute atomic E-state index is 5.57. The topological polar surface area (TPSA) is 12.5 Å². The zero-order valence-electron chi connectivity index (χ0n) is 8.70. The third-order valence-corrected chi connectivity index (χ3v) is 2.11. The maximum Gasteiger partial charge on any atom is 0.123 e. The molecule has 1 aliphatic rings. The monoisotopic (exact) mass is 191 g/mol. The van der Waals surface area contributed by atoms with E-state index < -0.39 is 0 Å². The maximum atomic E-state index is 5.57. The van der Waals surface area contributed by atoms with Gasteiger partial charge in [-0.05, 0) is 13.1 Å². The molecule has 0 unspecified atom stereocenters. The molecule has 0 bridgehead atoms. The van der Waals surface area contributed by atoms with Crippen LogP contribution in [0.3, 0.4) is 0 Å². The van der Waals surface area contributed by atoms with Crippen LogP contribution in [0.25, 0.3) is 0 Å². The molecule has 76 valence electrons. The molecule has 0 fully saturated rings. The van der Waals surface area contributed by atoms with Crippen molar-refractivity contribution in [3.63, 3.8) is 0 Å². The molecule has 0 saturated carbocycles. The molecule has 0 spiro atoms. The molecular weight excluding hydrogens is 174 g/mol. The van der Waals surface area contributed by atoms with Crippen LogP contribution in [0, 0.1) is 0 Å². The van der Waals surface area contributed by atoms with Gasteiger partial charge in [-0.3, -0.25) is 4.90 Å². The van der Waals surface area contributed by atoms with E-state index in [9.17, 15) is 0 Å². The Bertz CT molecular complexity index is 276. The summed E-state index contributed by atoms with van der Waals surface area (Å²) in [5.74, 6) is 0.882. The molecular formula is C12H17NO. The normalized spacial score (nSPS) is 19.2. The zero-order valence-corrected chi connectivity index (χ0v) is 8.70. The molecule has 2 nitrogen and oxygen atoms in total. The first-order valence-corrected chi connectivity index (χ1v) is 4.74. The molecule has 0 N–H and O–H groups in total. The molecule has 1 rings (SSSR count). The van der Waals surface area contributed by atoms with Crippen LogP contribution in [0.15, 0.2) is 48.8 Å². The fraction of sp³-hybridized carbons (Fsp3) is 0.333. The Morgan fingerprint density at radius 3 is 2.86 bits per heavy atom. The molecule has 14 heavy (non-hydrogen) atoms. The highest BCUT2D eigenvalue weighted by Gasteiger charge is 2.10. The van der Waals surface area contributed by atoms with E-state index in [1.165, 1.54) is 0 Å². The first-order chi connectivity index (χ1) is 6.77. The van der Waals surface area contributed by atoms with E-state index in [0.29, 0.717) is 0 Å². The van der Waals surface area contributed by atoms with Gasteiger partial charge < -0.3 is 4.74 Å². The molecule has 0 aromatic rings. The lowest BCUT2D eigenvalue weighted by molar-refractivity contribution is 0.203. The lowest BCUT2D eigenvalue weighted by Crippen LogP contribution is -2.22. The first-order valence-electron chi connectivity index (χ1n) is 4.74. The smallest absolute Gasteiger partial charge is 0.123 e. The van der Waals surface area contributed by atoms with Gasteiger partial charge in [-0.25, -0.2) is 0 Å². The van der Waals surface area contributed by atoms with Crippen molar-refractivity contribution < 1.29 is 4.74 Å². The van der Waals surface area contributed by atoms with Crippen LogP contribution in [0.4, 0.5) is 0 Å². The predicted molar refractivity (Wildman–Crippen MR) is 60.0 cm³/mol. The second kappa shape index (κ2) is 5.45. The van der Waals surface area contributed by atoms with E-state index in [-0.39, 0.29) is 0 Å². The third-order valence-electron chi connectivity index (χ3n) is 2.11. The molecule has 0 aromatic carbocycles. The van der Waals surface area contributed by atoms with E-state index in [1.54, 1.807) is 12.2 Å². The molecule has 1 aliphatic heterocycles. The number of hydrogen-bond acceptors (Lipinski definition) is 2. The van der Waals surface area contributed by atoms with E-state index in [4.69, 9.17) is 4.74 Å². The second-order valence-corrected chi connectivity index (χ2v) is 3.27. The summed E-state index contributed by atoms with van der Waals surface area (Å²) in [6.07, 6.45) is 7.47. The van der Waals surface area contributed by atoms with Gasteiger partial charge in [0.15, 0.2) is 0 Å². The highest BCUT2D eigenvalue weighted by molar-refractivity contribution is 5.31. The Hall–Kier alpha value is -1.28. The minimum atomic E-state index is 0.725. The summed E-state index contributed by atoms with van der Waals surface area (Å²) in [5, 5.41) is 0. The van der Waals surface area contributed by atoms with Crippen LogP contribution >= 0.6 is 0 Å². The van der Waals surface area contributed by atoms with Crippen LogP contribution in [-0.2, 0) is 4.74 Å². The van der Waals surface area contributed by atoms with Crippen LogP contribution in [0.2, 0.25) is 0 Å². The van der Waals surface area contributed by atoms with Gasteiger partial charge in [-0.2, -0.15) is 0 Å². The number of likely N-dealkylation sites (N-methyl/N-ethyl adjacent to an activating group) is 1. The van der Waals surface area contributed by atoms with E-state index in [0.717, 1.165) is 31.0 Å². The van der Waals surface area contributed by atoms with Crippen LogP contribution in [0.5, 0.6) is 0 Å². The van der Waals surface area contributed by atoms with Crippen molar-refractivity contribution in [2.45, 2.75) is 0 Å². The van der Waals surface area contributed by atoms with Crippen LogP contribution < -0.4 is 0 Å². The first kappa shape index (κ1) is 10.8. The van der Waals surface area contributed by atoms with E-state index in [2.05, 4.69) is 25.1 Å². The van der Waals surface area contributed by atoms with Gasteiger partial charge in [-0.15, -0.1) is 0 Å². The van der Waals surface area contributed by atoms with Gasteiger partial charge >= 0.3 is 0 Å². The van der Waals surface area contributed by atoms with Crippen molar-refractivity contribution in [2.24, 2.45) is 0 Å². The van der Waals surface area contributed by atoms with E-state index in [1.807, 2.05) is 12.2 Å². The molecule has 2 heteroatoms. The lowest BCUT2D eigenvalue weighted by atomic mass is 10.2. The summed E-state index contributed by atoms with van der Waals surface area (Å²) in [4.78, 5) is 2.22. The van der Waals surface area contributed by atoms with Gasteiger partial charge in [0.25, 0.3) is 0 Å². The van der Waals surface area contributed by atoms with Gasteiger partial charge in [-0.1, -0.05) is 31.4 Å². The van der Waals surface area contributed by atoms with E-state index >= 15 is 0 Å². The van der Waals surface area contributed by atoms with Crippen LogP contribution in [-0.4, -0.2) is 31.6 Å². The van der Waals surface area contributed by atoms with Crippen molar-refractivity contribution in [2.75, 3.05) is 26.7 Å². The fourth-order valence-electron chi connectivity index (χ4n) is 1.36. The lowest BCUT2D eigenvalue weighted by Gasteiger charge is -2.11. The fourth-order valence-corrected chi connectivity index (χ4v) is 1.36. The van der Waals surface area contributed by atoms with Gasteiger partial charge in [0.05, 0.1) is 0 Å². The zero-order chi connectivity index (χ0) is 10.4. The summed E-state index contributed by atoms with van der Waals surface area (Å²) >= 11 is 0. The highest BCUT2D eigenvalue weighted by Crippen LogP contribution is 2.14. The molecule has 0 aliphatic carbocycles. The molecule has 0 atom stereocenters. The summed E-state index contributed by atoms with van der Waals surface area (Å²) in [6.45, 7) is 9.96. The summed E-state index contributed by atoms with van der Waals surface area (Å²) in [7, 11) is 2.08. The number of ether oxygens (including phenoxy) is 1. The number of allylic oxidation sites excluding steroid dienone is 3. The minimum Gasteiger partial charge on any atom is -0.492 e. The van der Waals surface area contributed by atoms with Crippen molar-refractivity contribution in [1.82, 2.24) is 4.90 Å². The van der Waals surface area contributed by atoms with Crippen molar-refractivity contribution >= 4 is 0 Å². The third kappa shape index (κ3) is 2.89. The SMILES string of the molecule is C=C/C=C\C1=C(C=C)OCCN(C)C1. The standard InChI is InChI=1S/C12H17NO/c1-4-6-7-11-10-13(3)8-9-14-12(11)5-2/h4-7H,1-2,8-10H2,3H3/b7-6-. The van der Waals surface area contributed by atoms with Crippen LogP contribution in [0.1, 0.15) is 0 Å². The number of rotatable bonds is 3. The Balaban J connectivity index is 2.87. The quantitative estimate of drug-likeness (QED) is 0.634. The summed E-state index contributed by atoms with van der Waals surface area (Å²) in [6, 6.07) is 0. The van der Waals surface area contributed by atoms with Crippen molar-refractivity contribution in [3.05, 3.63) is 48.8 Å². The molecule has 0 aromatic heterocycles. The second-order valence-electron chi connectivity index (χ2n) is 3.27. The van der Waals surface area contributed by atoms with Gasteiger partial charge in [0.2, 0.25) is 0 Å². The predicted octanol–water partition coefficient (Wildman–Crippen LogP) is 2.13. The molecule has 0 radical (unpaired) electrons. The Kier molecular flexibility index (Phi) is 4.20. The average Bonchev–Trinajstić information content (AvgIpc) is 2.36. The Morgan fingerprint density at radius 2 is 2.21 bits per heavy atom. The summed E-state index contributed by atoms with van der Waals surface area (Å²) in [5.41, 5.74) is 1.15. The molecule has 1 heterocycles. The Labute approximate surface area is 85.9 Å². The van der Waals surface area contributed by atoms with Crippen molar-refractivity contribution in [3.8, 4) is 0 Å². The molecule has 0 amide bonds. The number of hydrogen-bond donors (Lipinski definition) is 0.